The molecule has 1 aromatic heterocycles. The summed E-state index contributed by atoms with van der Waals surface area (Å²) in [6.45, 7) is 1.97. The van der Waals surface area contributed by atoms with Gasteiger partial charge in [-0.1, -0.05) is 28.7 Å². The van der Waals surface area contributed by atoms with Crippen LogP contribution in [0.1, 0.15) is 12.1 Å². The quantitative estimate of drug-likeness (QED) is 0.505. The van der Waals surface area contributed by atoms with Crippen molar-refractivity contribution in [1.82, 2.24) is 10.3 Å². The summed E-state index contributed by atoms with van der Waals surface area (Å²) < 4.78 is 1.22. The number of nitrogens with one attached hydrogen (secondary N) is 1. The summed E-state index contributed by atoms with van der Waals surface area (Å²) in [4.78, 5) is 4.21. The van der Waals surface area contributed by atoms with Crippen LogP contribution in [-0.4, -0.2) is 16.0 Å². The first-order chi connectivity index (χ1) is 5.93. The minimum absolute atomic E-state index is 0.886. The van der Waals surface area contributed by atoms with Gasteiger partial charge < -0.3 is 5.32 Å². The molecular formula is C9H13IN2. The average molecular weight is 276 g/mol. The first-order valence-corrected chi connectivity index (χ1v) is 5.62. The van der Waals surface area contributed by atoms with E-state index in [1.807, 2.05) is 24.4 Å². The molecule has 1 aromatic rings. The summed E-state index contributed by atoms with van der Waals surface area (Å²) in [6, 6.07) is 5.99. The highest BCUT2D eigenvalue weighted by atomic mass is 127. The van der Waals surface area contributed by atoms with Crippen molar-refractivity contribution < 1.29 is 0 Å². The molecule has 2 nitrogen and oxygen atoms in total. The van der Waals surface area contributed by atoms with Gasteiger partial charge in [0.05, 0.1) is 5.69 Å². The van der Waals surface area contributed by atoms with E-state index in [4.69, 9.17) is 0 Å². The standard InChI is InChI=1S/C9H13IN2/c10-5-3-6-11-8-9-4-1-2-7-12-9/h1-2,4,7,11H,3,5-6,8H2. The zero-order valence-corrected chi connectivity index (χ0v) is 9.12. The highest BCUT2D eigenvalue weighted by Crippen LogP contribution is 1.92. The molecule has 0 aliphatic heterocycles. The molecule has 0 fully saturated rings. The van der Waals surface area contributed by atoms with Gasteiger partial charge in [-0.25, -0.2) is 0 Å². The topological polar surface area (TPSA) is 24.9 Å². The van der Waals surface area contributed by atoms with Crippen LogP contribution >= 0.6 is 22.6 Å². The number of nitrogens with zero attached hydrogens (tertiary/aromatic N) is 1. The molecule has 1 N–H and O–H groups in total. The number of pyridine rings is 1. The SMILES string of the molecule is ICCCNCc1ccccn1. The second-order valence-electron chi connectivity index (χ2n) is 2.54. The summed E-state index contributed by atoms with van der Waals surface area (Å²) in [7, 11) is 0. The van der Waals surface area contributed by atoms with Gasteiger partial charge in [0.15, 0.2) is 0 Å². The van der Waals surface area contributed by atoms with E-state index in [0.29, 0.717) is 0 Å². The lowest BCUT2D eigenvalue weighted by Gasteiger charge is -2.01. The molecule has 0 bridgehead atoms. The average Bonchev–Trinajstić information content (AvgIpc) is 2.14. The van der Waals surface area contributed by atoms with E-state index in [9.17, 15) is 0 Å². The second kappa shape index (κ2) is 6.37. The Balaban J connectivity index is 2.16. The molecule has 0 atom stereocenters. The third kappa shape index (κ3) is 4.01. The second-order valence-corrected chi connectivity index (χ2v) is 3.62. The Hall–Kier alpha value is -0.160. The predicted molar refractivity (Wildman–Crippen MR) is 59.4 cm³/mol. The van der Waals surface area contributed by atoms with Gasteiger partial charge in [0.25, 0.3) is 0 Å². The third-order valence-corrected chi connectivity index (χ3v) is 2.28. The fraction of sp³-hybridized carbons (Fsp3) is 0.444. The van der Waals surface area contributed by atoms with Crippen molar-refractivity contribution in [2.24, 2.45) is 0 Å². The van der Waals surface area contributed by atoms with E-state index in [1.54, 1.807) is 0 Å². The lowest BCUT2D eigenvalue weighted by atomic mass is 10.3. The molecule has 0 aliphatic carbocycles. The summed E-state index contributed by atoms with van der Waals surface area (Å²) in [6.07, 6.45) is 3.06. The molecule has 0 amide bonds. The Morgan fingerprint density at radius 2 is 2.33 bits per heavy atom. The van der Waals surface area contributed by atoms with Crippen molar-refractivity contribution in [2.75, 3.05) is 11.0 Å². The van der Waals surface area contributed by atoms with Gasteiger partial charge in [-0.15, -0.1) is 0 Å². The highest BCUT2D eigenvalue weighted by Gasteiger charge is 1.90. The van der Waals surface area contributed by atoms with Crippen LogP contribution in [0.2, 0.25) is 0 Å². The van der Waals surface area contributed by atoms with Gasteiger partial charge in [0.2, 0.25) is 0 Å². The fourth-order valence-electron chi connectivity index (χ4n) is 0.911. The molecule has 0 aliphatic rings. The maximum atomic E-state index is 4.21. The van der Waals surface area contributed by atoms with Crippen LogP contribution in [0.15, 0.2) is 24.4 Å². The van der Waals surface area contributed by atoms with E-state index in [0.717, 1.165) is 18.8 Å². The number of rotatable bonds is 5. The van der Waals surface area contributed by atoms with E-state index >= 15 is 0 Å². The van der Waals surface area contributed by atoms with Gasteiger partial charge in [0.1, 0.15) is 0 Å². The van der Waals surface area contributed by atoms with Gasteiger partial charge >= 0.3 is 0 Å². The maximum Gasteiger partial charge on any atom is 0.0541 e. The van der Waals surface area contributed by atoms with Crippen LogP contribution in [0, 0.1) is 0 Å². The molecule has 1 heterocycles. The van der Waals surface area contributed by atoms with Gasteiger partial charge in [0, 0.05) is 17.2 Å². The van der Waals surface area contributed by atoms with Gasteiger partial charge in [-0.05, 0) is 25.1 Å². The largest absolute Gasteiger partial charge is 0.311 e. The maximum absolute atomic E-state index is 4.21. The lowest BCUT2D eigenvalue weighted by molar-refractivity contribution is 0.670. The Labute approximate surface area is 86.9 Å². The molecule has 1 rings (SSSR count). The van der Waals surface area contributed by atoms with Crippen LogP contribution in [-0.2, 0) is 6.54 Å². The van der Waals surface area contributed by atoms with Crippen molar-refractivity contribution in [3.63, 3.8) is 0 Å². The summed E-state index contributed by atoms with van der Waals surface area (Å²) in [5.74, 6) is 0. The van der Waals surface area contributed by atoms with E-state index in [-0.39, 0.29) is 0 Å². The molecule has 0 radical (unpaired) electrons. The van der Waals surface area contributed by atoms with Crippen molar-refractivity contribution >= 4 is 22.6 Å². The van der Waals surface area contributed by atoms with Crippen LogP contribution in [0.3, 0.4) is 0 Å². The van der Waals surface area contributed by atoms with Crippen LogP contribution in [0.4, 0.5) is 0 Å². The van der Waals surface area contributed by atoms with E-state index < -0.39 is 0 Å². The van der Waals surface area contributed by atoms with Crippen molar-refractivity contribution in [2.45, 2.75) is 13.0 Å². The van der Waals surface area contributed by atoms with Crippen LogP contribution < -0.4 is 5.32 Å². The first kappa shape index (κ1) is 9.92. The van der Waals surface area contributed by atoms with Crippen LogP contribution in [0.25, 0.3) is 0 Å². The monoisotopic (exact) mass is 276 g/mol. The normalized spacial score (nSPS) is 10.1. The van der Waals surface area contributed by atoms with Crippen molar-refractivity contribution in [3.8, 4) is 0 Å². The Morgan fingerprint density at radius 1 is 1.42 bits per heavy atom. The molecule has 3 heteroatoms. The number of halogens is 1. The Kier molecular flexibility index (Phi) is 5.27. The molecule has 0 saturated carbocycles. The summed E-state index contributed by atoms with van der Waals surface area (Å²) in [5, 5.41) is 3.34. The number of alkyl halides is 1. The van der Waals surface area contributed by atoms with Crippen molar-refractivity contribution in [1.29, 1.82) is 0 Å². The van der Waals surface area contributed by atoms with Crippen LogP contribution in [0.5, 0.6) is 0 Å². The minimum atomic E-state index is 0.886. The molecule has 0 unspecified atom stereocenters. The number of hydrogen-bond acceptors (Lipinski definition) is 2. The smallest absolute Gasteiger partial charge is 0.0541 e. The lowest BCUT2D eigenvalue weighted by Crippen LogP contribution is -2.15. The Bertz CT molecular complexity index is 201. The predicted octanol–water partition coefficient (Wildman–Crippen LogP) is 2.00. The van der Waals surface area contributed by atoms with Crippen molar-refractivity contribution in [3.05, 3.63) is 30.1 Å². The molecule has 0 saturated heterocycles. The van der Waals surface area contributed by atoms with Gasteiger partial charge in [-0.2, -0.15) is 0 Å². The highest BCUT2D eigenvalue weighted by molar-refractivity contribution is 14.1. The molecule has 0 spiro atoms. The molecular weight excluding hydrogens is 263 g/mol. The van der Waals surface area contributed by atoms with E-state index in [1.165, 1.54) is 10.8 Å². The van der Waals surface area contributed by atoms with E-state index in [2.05, 4.69) is 32.9 Å². The molecule has 0 aromatic carbocycles. The minimum Gasteiger partial charge on any atom is -0.311 e. The van der Waals surface area contributed by atoms with Gasteiger partial charge in [-0.3, -0.25) is 4.98 Å². The zero-order valence-electron chi connectivity index (χ0n) is 6.96. The number of hydrogen-bond donors (Lipinski definition) is 1. The molecule has 12 heavy (non-hydrogen) atoms. The summed E-state index contributed by atoms with van der Waals surface area (Å²) in [5.41, 5.74) is 1.12. The first-order valence-electron chi connectivity index (χ1n) is 4.10. The zero-order chi connectivity index (χ0) is 8.65. The number of aromatic nitrogens is 1. The third-order valence-electron chi connectivity index (χ3n) is 1.52. The molecule has 66 valence electrons. The summed E-state index contributed by atoms with van der Waals surface area (Å²) >= 11 is 2.39. The Morgan fingerprint density at radius 3 is 3.00 bits per heavy atom. The fourth-order valence-corrected chi connectivity index (χ4v) is 1.29.